The second kappa shape index (κ2) is 3.63. The van der Waals surface area contributed by atoms with Crippen molar-refractivity contribution in [2.24, 2.45) is 5.73 Å². The summed E-state index contributed by atoms with van der Waals surface area (Å²) in [6, 6.07) is 0.0360. The fraction of sp³-hybridized carbons (Fsp3) is 0.857. The third-order valence-corrected chi connectivity index (χ3v) is 4.00. The van der Waals surface area contributed by atoms with Crippen LogP contribution in [-0.2, 0) is 9.84 Å². The maximum atomic E-state index is 11.1. The van der Waals surface area contributed by atoms with Crippen LogP contribution in [0.2, 0.25) is 0 Å². The first kappa shape index (κ1) is 10.5. The van der Waals surface area contributed by atoms with Crippen molar-refractivity contribution in [3.05, 3.63) is 0 Å². The van der Waals surface area contributed by atoms with E-state index in [0.29, 0.717) is 13.0 Å². The first-order valence-electron chi connectivity index (χ1n) is 4.14. The number of amidine groups is 1. The van der Waals surface area contributed by atoms with E-state index in [1.54, 1.807) is 7.05 Å². The molecule has 0 spiro atoms. The Kier molecular flexibility index (Phi) is 2.92. The van der Waals surface area contributed by atoms with Crippen molar-refractivity contribution in [3.8, 4) is 0 Å². The average Bonchev–Trinajstić information content (AvgIpc) is 2.28. The van der Waals surface area contributed by atoms with Crippen LogP contribution in [0.4, 0.5) is 0 Å². The van der Waals surface area contributed by atoms with Gasteiger partial charge >= 0.3 is 0 Å². The molecule has 0 bridgehead atoms. The van der Waals surface area contributed by atoms with Crippen LogP contribution in [0.3, 0.4) is 0 Å². The highest BCUT2D eigenvalue weighted by Crippen LogP contribution is 2.15. The van der Waals surface area contributed by atoms with Gasteiger partial charge in [0.05, 0.1) is 18.1 Å². The molecule has 3 N–H and O–H groups in total. The predicted molar refractivity (Wildman–Crippen MR) is 51.6 cm³/mol. The molecule has 0 amide bonds. The largest absolute Gasteiger partial charge is 0.387 e. The van der Waals surface area contributed by atoms with Crippen molar-refractivity contribution in [2.45, 2.75) is 12.5 Å². The minimum absolute atomic E-state index is 0.0360. The number of nitrogens with one attached hydrogen (secondary N) is 1. The molecule has 1 atom stereocenters. The molecule has 0 aromatic rings. The Morgan fingerprint density at radius 2 is 2.31 bits per heavy atom. The van der Waals surface area contributed by atoms with Crippen molar-refractivity contribution in [3.63, 3.8) is 0 Å². The number of nitrogens with two attached hydrogens (primary N) is 1. The molecule has 1 rings (SSSR count). The van der Waals surface area contributed by atoms with E-state index in [4.69, 9.17) is 11.1 Å². The smallest absolute Gasteiger partial charge is 0.151 e. The second-order valence-electron chi connectivity index (χ2n) is 3.50. The predicted octanol–water partition coefficient (Wildman–Crippen LogP) is -0.959. The van der Waals surface area contributed by atoms with Gasteiger partial charge in [-0.25, -0.2) is 8.42 Å². The number of hydrogen-bond donors (Lipinski definition) is 2. The van der Waals surface area contributed by atoms with Crippen LogP contribution < -0.4 is 5.73 Å². The minimum Gasteiger partial charge on any atom is -0.387 e. The van der Waals surface area contributed by atoms with E-state index in [-0.39, 0.29) is 23.4 Å². The van der Waals surface area contributed by atoms with Crippen molar-refractivity contribution in [1.29, 1.82) is 5.41 Å². The van der Waals surface area contributed by atoms with Crippen molar-refractivity contribution in [1.82, 2.24) is 4.90 Å². The summed E-state index contributed by atoms with van der Waals surface area (Å²) >= 11 is 0. The summed E-state index contributed by atoms with van der Waals surface area (Å²) in [6.07, 6.45) is 0.659. The van der Waals surface area contributed by atoms with Crippen LogP contribution >= 0.6 is 0 Å². The molecular formula is C7H15N3O2S. The molecule has 1 saturated heterocycles. The molecule has 0 aliphatic carbocycles. The summed E-state index contributed by atoms with van der Waals surface area (Å²) in [5, 5.41) is 7.07. The van der Waals surface area contributed by atoms with Crippen LogP contribution in [0.5, 0.6) is 0 Å². The highest BCUT2D eigenvalue weighted by molar-refractivity contribution is 7.91. The summed E-state index contributed by atoms with van der Waals surface area (Å²) in [5.74, 6) is 0.545. The molecule has 1 fully saturated rings. The SMILES string of the molecule is CN(CC(=N)N)C1CCS(=O)(=O)C1. The summed E-state index contributed by atoms with van der Waals surface area (Å²) in [6.45, 7) is 0.347. The molecule has 5 nitrogen and oxygen atoms in total. The molecule has 1 aliphatic rings. The van der Waals surface area contributed by atoms with Gasteiger partial charge in [-0.3, -0.25) is 10.3 Å². The third kappa shape index (κ3) is 2.96. The zero-order valence-electron chi connectivity index (χ0n) is 7.66. The molecule has 0 saturated carbocycles. The number of sulfone groups is 1. The van der Waals surface area contributed by atoms with E-state index in [1.165, 1.54) is 0 Å². The maximum Gasteiger partial charge on any atom is 0.151 e. The van der Waals surface area contributed by atoms with Gasteiger partial charge < -0.3 is 5.73 Å². The fourth-order valence-corrected chi connectivity index (χ4v) is 3.33. The Morgan fingerprint density at radius 1 is 1.69 bits per heavy atom. The van der Waals surface area contributed by atoms with Gasteiger partial charge in [0.1, 0.15) is 5.84 Å². The lowest BCUT2D eigenvalue weighted by Gasteiger charge is -2.21. The van der Waals surface area contributed by atoms with Crippen molar-refractivity contribution >= 4 is 15.7 Å². The average molecular weight is 205 g/mol. The van der Waals surface area contributed by atoms with Crippen LogP contribution in [0.1, 0.15) is 6.42 Å². The van der Waals surface area contributed by atoms with Gasteiger partial charge in [0.25, 0.3) is 0 Å². The molecule has 0 aromatic heterocycles. The molecule has 76 valence electrons. The monoisotopic (exact) mass is 205 g/mol. The Balaban J connectivity index is 2.51. The van der Waals surface area contributed by atoms with Gasteiger partial charge in [-0.15, -0.1) is 0 Å². The highest BCUT2D eigenvalue weighted by Gasteiger charge is 2.30. The van der Waals surface area contributed by atoms with Crippen LogP contribution in [0.15, 0.2) is 0 Å². The van der Waals surface area contributed by atoms with Crippen molar-refractivity contribution in [2.75, 3.05) is 25.1 Å². The molecule has 1 unspecified atom stereocenters. The Hall–Kier alpha value is -0.620. The summed E-state index contributed by atoms with van der Waals surface area (Å²) in [4.78, 5) is 1.83. The third-order valence-electron chi connectivity index (χ3n) is 2.25. The lowest BCUT2D eigenvalue weighted by Crippen LogP contribution is -2.38. The number of rotatable bonds is 3. The highest BCUT2D eigenvalue weighted by atomic mass is 32.2. The summed E-state index contributed by atoms with van der Waals surface area (Å²) < 4.78 is 22.2. The van der Waals surface area contributed by atoms with E-state index in [2.05, 4.69) is 0 Å². The number of hydrogen-bond acceptors (Lipinski definition) is 4. The normalized spacial score (nSPS) is 26.5. The van der Waals surface area contributed by atoms with E-state index in [9.17, 15) is 8.42 Å². The van der Waals surface area contributed by atoms with Crippen LogP contribution in [-0.4, -0.2) is 50.3 Å². The van der Waals surface area contributed by atoms with Gasteiger partial charge in [0.2, 0.25) is 0 Å². The van der Waals surface area contributed by atoms with Crippen LogP contribution in [0.25, 0.3) is 0 Å². The number of likely N-dealkylation sites (N-methyl/N-ethyl adjacent to an activating group) is 1. The maximum absolute atomic E-state index is 11.1. The van der Waals surface area contributed by atoms with Gasteiger partial charge in [-0.05, 0) is 13.5 Å². The molecule has 0 radical (unpaired) electrons. The number of nitrogens with zero attached hydrogens (tertiary/aromatic N) is 1. The molecule has 0 aromatic carbocycles. The molecule has 1 heterocycles. The van der Waals surface area contributed by atoms with Crippen molar-refractivity contribution < 1.29 is 8.42 Å². The standard InChI is InChI=1S/C7H15N3O2S/c1-10(4-7(8)9)6-2-3-13(11,12)5-6/h6H,2-5H2,1H3,(H3,8,9). The Morgan fingerprint density at radius 3 is 2.69 bits per heavy atom. The van der Waals surface area contributed by atoms with E-state index in [1.807, 2.05) is 4.90 Å². The minimum atomic E-state index is -2.83. The Labute approximate surface area is 78.3 Å². The zero-order valence-corrected chi connectivity index (χ0v) is 8.47. The summed E-state index contributed by atoms with van der Waals surface area (Å²) in [7, 11) is -1.03. The lowest BCUT2D eigenvalue weighted by molar-refractivity contribution is 0.296. The quantitative estimate of drug-likeness (QED) is 0.459. The van der Waals surface area contributed by atoms with Gasteiger partial charge in [0.15, 0.2) is 9.84 Å². The molecule has 13 heavy (non-hydrogen) atoms. The van der Waals surface area contributed by atoms with Gasteiger partial charge in [-0.2, -0.15) is 0 Å². The first-order chi connectivity index (χ1) is 5.91. The van der Waals surface area contributed by atoms with E-state index >= 15 is 0 Å². The second-order valence-corrected chi connectivity index (χ2v) is 5.73. The lowest BCUT2D eigenvalue weighted by atomic mass is 10.2. The fourth-order valence-electron chi connectivity index (χ4n) is 1.52. The Bertz CT molecular complexity index is 299. The van der Waals surface area contributed by atoms with E-state index in [0.717, 1.165) is 0 Å². The topological polar surface area (TPSA) is 87.2 Å². The zero-order chi connectivity index (χ0) is 10.1. The van der Waals surface area contributed by atoms with Crippen LogP contribution in [0, 0.1) is 5.41 Å². The molecule has 6 heteroatoms. The van der Waals surface area contributed by atoms with Gasteiger partial charge in [0, 0.05) is 6.04 Å². The molecular weight excluding hydrogens is 190 g/mol. The summed E-state index contributed by atoms with van der Waals surface area (Å²) in [5.41, 5.74) is 5.22. The first-order valence-corrected chi connectivity index (χ1v) is 5.96. The van der Waals surface area contributed by atoms with Gasteiger partial charge in [-0.1, -0.05) is 0 Å². The van der Waals surface area contributed by atoms with E-state index < -0.39 is 9.84 Å². The molecule has 1 aliphatic heterocycles.